The summed E-state index contributed by atoms with van der Waals surface area (Å²) in [4.78, 5) is 11.4. The fourth-order valence-electron chi connectivity index (χ4n) is 1.52. The number of ether oxygens (including phenoxy) is 2. The molecule has 1 N–H and O–H groups in total. The SMILES string of the molecule is O=C(CCc1ccc(O)cc1)OCC[C@@H]1CO1. The van der Waals surface area contributed by atoms with Gasteiger partial charge in [-0.3, -0.25) is 4.79 Å². The van der Waals surface area contributed by atoms with E-state index in [4.69, 9.17) is 14.6 Å². The minimum Gasteiger partial charge on any atom is -0.508 e. The number of carbonyl (C=O) groups is 1. The van der Waals surface area contributed by atoms with Gasteiger partial charge in [0.15, 0.2) is 0 Å². The summed E-state index contributed by atoms with van der Waals surface area (Å²) in [5.41, 5.74) is 1.02. The van der Waals surface area contributed by atoms with E-state index in [9.17, 15) is 4.79 Å². The molecule has 1 heterocycles. The van der Waals surface area contributed by atoms with Crippen molar-refractivity contribution in [2.45, 2.75) is 25.4 Å². The first-order valence-electron chi connectivity index (χ1n) is 5.79. The summed E-state index contributed by atoms with van der Waals surface area (Å²) in [6, 6.07) is 6.84. The lowest BCUT2D eigenvalue weighted by Gasteiger charge is -2.04. The summed E-state index contributed by atoms with van der Waals surface area (Å²) in [6.45, 7) is 1.24. The zero-order valence-corrected chi connectivity index (χ0v) is 9.59. The summed E-state index contributed by atoms with van der Waals surface area (Å²) < 4.78 is 10.1. The van der Waals surface area contributed by atoms with E-state index >= 15 is 0 Å². The van der Waals surface area contributed by atoms with Gasteiger partial charge in [0.05, 0.1) is 19.3 Å². The molecule has 1 aromatic rings. The highest BCUT2D eigenvalue weighted by molar-refractivity contribution is 5.69. The predicted molar refractivity (Wildman–Crippen MR) is 61.7 cm³/mol. The second kappa shape index (κ2) is 5.68. The van der Waals surface area contributed by atoms with E-state index in [0.717, 1.165) is 18.6 Å². The number of hydrogen-bond acceptors (Lipinski definition) is 4. The molecule has 1 saturated heterocycles. The number of esters is 1. The molecule has 1 aromatic carbocycles. The molecule has 0 saturated carbocycles. The Labute approximate surface area is 100 Å². The first-order valence-corrected chi connectivity index (χ1v) is 5.79. The van der Waals surface area contributed by atoms with E-state index in [1.165, 1.54) is 0 Å². The van der Waals surface area contributed by atoms with Crippen molar-refractivity contribution >= 4 is 5.97 Å². The molecule has 0 spiro atoms. The molecule has 4 heteroatoms. The van der Waals surface area contributed by atoms with E-state index in [0.29, 0.717) is 25.6 Å². The van der Waals surface area contributed by atoms with Gasteiger partial charge in [0.1, 0.15) is 5.75 Å². The average Bonchev–Trinajstić information content (AvgIpc) is 3.12. The van der Waals surface area contributed by atoms with Gasteiger partial charge in [-0.25, -0.2) is 0 Å². The van der Waals surface area contributed by atoms with Crippen molar-refractivity contribution in [1.82, 2.24) is 0 Å². The summed E-state index contributed by atoms with van der Waals surface area (Å²) in [5, 5.41) is 9.10. The van der Waals surface area contributed by atoms with Crippen molar-refractivity contribution in [1.29, 1.82) is 0 Å². The molecule has 0 amide bonds. The zero-order valence-electron chi connectivity index (χ0n) is 9.59. The van der Waals surface area contributed by atoms with Gasteiger partial charge in [-0.2, -0.15) is 0 Å². The highest BCUT2D eigenvalue weighted by atomic mass is 16.6. The number of aryl methyl sites for hydroxylation is 1. The number of epoxide rings is 1. The van der Waals surface area contributed by atoms with E-state index in [-0.39, 0.29) is 11.7 Å². The molecule has 0 radical (unpaired) electrons. The van der Waals surface area contributed by atoms with Gasteiger partial charge >= 0.3 is 5.97 Å². The van der Waals surface area contributed by atoms with Gasteiger partial charge in [-0.1, -0.05) is 12.1 Å². The van der Waals surface area contributed by atoms with E-state index < -0.39 is 0 Å². The lowest BCUT2D eigenvalue weighted by molar-refractivity contribution is -0.143. The van der Waals surface area contributed by atoms with E-state index in [2.05, 4.69) is 0 Å². The first-order chi connectivity index (χ1) is 8.24. The van der Waals surface area contributed by atoms with Crippen molar-refractivity contribution in [3.63, 3.8) is 0 Å². The van der Waals surface area contributed by atoms with Crippen LogP contribution in [0.4, 0.5) is 0 Å². The minimum absolute atomic E-state index is 0.182. The summed E-state index contributed by atoms with van der Waals surface area (Å²) in [5.74, 6) is 0.0551. The maximum absolute atomic E-state index is 11.4. The third-order valence-electron chi connectivity index (χ3n) is 2.66. The van der Waals surface area contributed by atoms with Crippen molar-refractivity contribution in [2.75, 3.05) is 13.2 Å². The molecule has 1 aliphatic heterocycles. The Morgan fingerprint density at radius 1 is 1.41 bits per heavy atom. The van der Waals surface area contributed by atoms with Gasteiger partial charge in [0, 0.05) is 12.8 Å². The summed E-state index contributed by atoms with van der Waals surface area (Å²) in [6.07, 6.45) is 2.11. The number of phenols is 1. The Kier molecular flexibility index (Phi) is 3.98. The molecule has 17 heavy (non-hydrogen) atoms. The topological polar surface area (TPSA) is 59.1 Å². The van der Waals surface area contributed by atoms with Crippen molar-refractivity contribution in [3.05, 3.63) is 29.8 Å². The molecule has 4 nitrogen and oxygen atoms in total. The fraction of sp³-hybridized carbons (Fsp3) is 0.462. The minimum atomic E-state index is -0.182. The van der Waals surface area contributed by atoms with E-state index in [1.54, 1.807) is 24.3 Å². The number of benzene rings is 1. The second-order valence-electron chi connectivity index (χ2n) is 4.13. The molecular weight excluding hydrogens is 220 g/mol. The standard InChI is InChI=1S/C13H16O4/c14-11-4-1-10(2-5-11)3-6-13(15)16-8-7-12-9-17-12/h1-2,4-5,12,14H,3,6-9H2/t12-/m1/s1. The number of phenolic OH excluding ortho intramolecular Hbond substituents is 1. The van der Waals surface area contributed by atoms with Crippen molar-refractivity contribution in [2.24, 2.45) is 0 Å². The van der Waals surface area contributed by atoms with Gasteiger partial charge in [0.25, 0.3) is 0 Å². The van der Waals surface area contributed by atoms with Crippen LogP contribution in [0, 0.1) is 0 Å². The van der Waals surface area contributed by atoms with Crippen LogP contribution in [0.2, 0.25) is 0 Å². The Morgan fingerprint density at radius 2 is 2.12 bits per heavy atom. The van der Waals surface area contributed by atoms with Gasteiger partial charge in [-0.15, -0.1) is 0 Å². The monoisotopic (exact) mass is 236 g/mol. The summed E-state index contributed by atoms with van der Waals surface area (Å²) in [7, 11) is 0. The van der Waals surface area contributed by atoms with Crippen LogP contribution < -0.4 is 0 Å². The van der Waals surface area contributed by atoms with Crippen LogP contribution >= 0.6 is 0 Å². The van der Waals surface area contributed by atoms with Crippen molar-refractivity contribution in [3.8, 4) is 5.75 Å². The van der Waals surface area contributed by atoms with Crippen LogP contribution in [-0.4, -0.2) is 30.4 Å². The molecular formula is C13H16O4. The molecule has 0 aromatic heterocycles. The smallest absolute Gasteiger partial charge is 0.306 e. The Balaban J connectivity index is 1.62. The van der Waals surface area contributed by atoms with Crippen LogP contribution in [0.5, 0.6) is 5.75 Å². The third-order valence-corrected chi connectivity index (χ3v) is 2.66. The average molecular weight is 236 g/mol. The molecule has 0 unspecified atom stereocenters. The highest BCUT2D eigenvalue weighted by Gasteiger charge is 2.22. The normalized spacial score (nSPS) is 17.8. The molecule has 92 valence electrons. The number of rotatable bonds is 6. The van der Waals surface area contributed by atoms with Crippen LogP contribution in [0.3, 0.4) is 0 Å². The first kappa shape index (κ1) is 11.9. The molecule has 0 aliphatic carbocycles. The number of aromatic hydroxyl groups is 1. The molecule has 2 rings (SSSR count). The van der Waals surface area contributed by atoms with Crippen LogP contribution in [0.1, 0.15) is 18.4 Å². The number of carbonyl (C=O) groups excluding carboxylic acids is 1. The molecule has 1 atom stereocenters. The largest absolute Gasteiger partial charge is 0.508 e. The molecule has 1 aliphatic rings. The summed E-state index contributed by atoms with van der Waals surface area (Å²) >= 11 is 0. The second-order valence-corrected chi connectivity index (χ2v) is 4.13. The van der Waals surface area contributed by atoms with Crippen molar-refractivity contribution < 1.29 is 19.4 Å². The quantitative estimate of drug-likeness (QED) is 0.602. The van der Waals surface area contributed by atoms with E-state index in [1.807, 2.05) is 0 Å². The highest BCUT2D eigenvalue weighted by Crippen LogP contribution is 2.14. The maximum atomic E-state index is 11.4. The number of hydrogen-bond donors (Lipinski definition) is 1. The van der Waals surface area contributed by atoms with Gasteiger partial charge in [0.2, 0.25) is 0 Å². The maximum Gasteiger partial charge on any atom is 0.306 e. The van der Waals surface area contributed by atoms with Gasteiger partial charge < -0.3 is 14.6 Å². The lowest BCUT2D eigenvalue weighted by atomic mass is 10.1. The predicted octanol–water partition coefficient (Wildman–Crippen LogP) is 1.66. The Morgan fingerprint density at radius 3 is 2.76 bits per heavy atom. The third kappa shape index (κ3) is 4.44. The van der Waals surface area contributed by atoms with Crippen LogP contribution in [0.15, 0.2) is 24.3 Å². The zero-order chi connectivity index (χ0) is 12.1. The molecule has 0 bridgehead atoms. The molecule has 1 fully saturated rings. The Hall–Kier alpha value is -1.55. The van der Waals surface area contributed by atoms with Crippen LogP contribution in [0.25, 0.3) is 0 Å². The lowest BCUT2D eigenvalue weighted by Crippen LogP contribution is -2.08. The Bertz CT molecular complexity index is 368. The van der Waals surface area contributed by atoms with Crippen LogP contribution in [-0.2, 0) is 20.7 Å². The fourth-order valence-corrected chi connectivity index (χ4v) is 1.52. The van der Waals surface area contributed by atoms with Gasteiger partial charge in [-0.05, 0) is 24.1 Å².